The molecule has 1 unspecified atom stereocenters. The predicted molar refractivity (Wildman–Crippen MR) is 67.2 cm³/mol. The zero-order valence-electron chi connectivity index (χ0n) is 10.4. The highest BCUT2D eigenvalue weighted by Crippen LogP contribution is 2.33. The van der Waals surface area contributed by atoms with Crippen molar-refractivity contribution in [3.05, 3.63) is 33.6 Å². The number of anilines is 1. The summed E-state index contributed by atoms with van der Waals surface area (Å²) in [5.74, 6) is -2.51. The Morgan fingerprint density at radius 3 is 2.70 bits per heavy atom. The van der Waals surface area contributed by atoms with Gasteiger partial charge in [0, 0.05) is 6.54 Å². The number of benzene rings is 1. The van der Waals surface area contributed by atoms with Gasteiger partial charge in [0.25, 0.3) is 5.69 Å². The number of nitro groups is 1. The van der Waals surface area contributed by atoms with Gasteiger partial charge in [-0.05, 0) is 24.8 Å². The van der Waals surface area contributed by atoms with E-state index in [1.165, 1.54) is 0 Å². The van der Waals surface area contributed by atoms with Gasteiger partial charge in [0.1, 0.15) is 11.5 Å². The van der Waals surface area contributed by atoms with Crippen LogP contribution < -0.4 is 5.32 Å². The van der Waals surface area contributed by atoms with Gasteiger partial charge < -0.3 is 15.5 Å². The van der Waals surface area contributed by atoms with Crippen LogP contribution in [0.2, 0.25) is 0 Å². The summed E-state index contributed by atoms with van der Waals surface area (Å²) in [4.78, 5) is 20.9. The summed E-state index contributed by atoms with van der Waals surface area (Å²) < 4.78 is 13.4. The lowest BCUT2D eigenvalue weighted by atomic mass is 10.1. The first-order valence-corrected chi connectivity index (χ1v) is 6.03. The fraction of sp³-hybridized carbons (Fsp3) is 0.417. The van der Waals surface area contributed by atoms with Gasteiger partial charge in [0.05, 0.1) is 22.7 Å². The molecular weight excluding hydrogens is 271 g/mol. The van der Waals surface area contributed by atoms with Crippen LogP contribution in [0.3, 0.4) is 0 Å². The number of nitrogens with zero attached hydrogens (tertiary/aromatic N) is 1. The highest BCUT2D eigenvalue weighted by molar-refractivity contribution is 5.90. The maximum atomic E-state index is 13.4. The molecule has 108 valence electrons. The van der Waals surface area contributed by atoms with E-state index in [2.05, 4.69) is 5.32 Å². The molecule has 0 spiro atoms. The van der Waals surface area contributed by atoms with Crippen molar-refractivity contribution < 1.29 is 24.3 Å². The summed E-state index contributed by atoms with van der Waals surface area (Å²) in [7, 11) is 0. The molecule has 0 aromatic heterocycles. The lowest BCUT2D eigenvalue weighted by Gasteiger charge is -2.12. The third kappa shape index (κ3) is 3.02. The fourth-order valence-electron chi connectivity index (χ4n) is 1.88. The van der Waals surface area contributed by atoms with Crippen molar-refractivity contribution in [3.63, 3.8) is 0 Å². The normalized spacial score (nSPS) is 15.7. The topological polar surface area (TPSA) is 113 Å². The van der Waals surface area contributed by atoms with Crippen LogP contribution in [0.5, 0.6) is 0 Å². The third-order valence-electron chi connectivity index (χ3n) is 3.18. The number of hydrogen-bond acceptors (Lipinski definition) is 5. The van der Waals surface area contributed by atoms with Gasteiger partial charge in [-0.1, -0.05) is 0 Å². The molecule has 1 aromatic carbocycles. The molecule has 0 aliphatic heterocycles. The molecule has 0 radical (unpaired) electrons. The summed E-state index contributed by atoms with van der Waals surface area (Å²) in [6.07, 6.45) is 1.14. The van der Waals surface area contributed by atoms with Gasteiger partial charge in [-0.25, -0.2) is 9.18 Å². The van der Waals surface area contributed by atoms with E-state index in [1.54, 1.807) is 0 Å². The minimum atomic E-state index is -1.51. The van der Waals surface area contributed by atoms with Crippen LogP contribution >= 0.6 is 0 Å². The molecule has 1 aliphatic carbocycles. The average molecular weight is 284 g/mol. The number of aliphatic hydroxyl groups is 1. The van der Waals surface area contributed by atoms with Crippen molar-refractivity contribution in [1.29, 1.82) is 0 Å². The van der Waals surface area contributed by atoms with Crippen LogP contribution in [0, 0.1) is 21.8 Å². The third-order valence-corrected chi connectivity index (χ3v) is 3.18. The van der Waals surface area contributed by atoms with Crippen LogP contribution in [0.1, 0.15) is 23.2 Å². The van der Waals surface area contributed by atoms with E-state index in [9.17, 15) is 24.4 Å². The smallest absolute Gasteiger partial charge is 0.338 e. The summed E-state index contributed by atoms with van der Waals surface area (Å²) in [6.45, 7) is 0.0518. The van der Waals surface area contributed by atoms with E-state index >= 15 is 0 Å². The Morgan fingerprint density at radius 1 is 1.55 bits per heavy atom. The van der Waals surface area contributed by atoms with E-state index in [4.69, 9.17) is 5.11 Å². The average Bonchev–Trinajstić information content (AvgIpc) is 3.20. The first-order valence-electron chi connectivity index (χ1n) is 6.03. The largest absolute Gasteiger partial charge is 0.478 e. The second-order valence-electron chi connectivity index (χ2n) is 4.70. The molecule has 1 atom stereocenters. The van der Waals surface area contributed by atoms with Crippen molar-refractivity contribution in [2.24, 2.45) is 5.92 Å². The Hall–Kier alpha value is -2.22. The molecule has 3 N–H and O–H groups in total. The Morgan fingerprint density at radius 2 is 2.20 bits per heavy atom. The Kier molecular flexibility index (Phi) is 3.84. The summed E-state index contributed by atoms with van der Waals surface area (Å²) in [5.41, 5.74) is -1.33. The maximum absolute atomic E-state index is 13.4. The minimum Gasteiger partial charge on any atom is -0.478 e. The molecule has 0 saturated heterocycles. The molecule has 1 fully saturated rings. The van der Waals surface area contributed by atoms with Crippen LogP contribution in [0.4, 0.5) is 15.8 Å². The van der Waals surface area contributed by atoms with Gasteiger partial charge in [-0.2, -0.15) is 0 Å². The van der Waals surface area contributed by atoms with E-state index in [0.29, 0.717) is 6.07 Å². The first kappa shape index (κ1) is 14.2. The minimum absolute atomic E-state index is 0.0518. The number of aromatic carboxylic acids is 1. The van der Waals surface area contributed by atoms with Gasteiger partial charge in [-0.15, -0.1) is 0 Å². The van der Waals surface area contributed by atoms with Gasteiger partial charge in [-0.3, -0.25) is 10.1 Å². The summed E-state index contributed by atoms with van der Waals surface area (Å²) in [6, 6.07) is 1.44. The lowest BCUT2D eigenvalue weighted by Crippen LogP contribution is -2.22. The van der Waals surface area contributed by atoms with Crippen molar-refractivity contribution >= 4 is 17.3 Å². The molecular formula is C12H13FN2O5. The number of aliphatic hydroxyl groups excluding tert-OH is 1. The summed E-state index contributed by atoms with van der Waals surface area (Å²) in [5, 5.41) is 31.9. The number of nitro benzene ring substituents is 1. The van der Waals surface area contributed by atoms with Gasteiger partial charge in [0.2, 0.25) is 0 Å². The van der Waals surface area contributed by atoms with E-state index in [1.807, 2.05) is 0 Å². The SMILES string of the molecule is O=C(O)c1cc(NCC(O)C2CC2)c([N+](=O)[O-])cc1F. The second-order valence-corrected chi connectivity index (χ2v) is 4.70. The molecule has 0 amide bonds. The van der Waals surface area contributed by atoms with Crippen molar-refractivity contribution in [3.8, 4) is 0 Å². The maximum Gasteiger partial charge on any atom is 0.338 e. The predicted octanol–water partition coefficient (Wildman–Crippen LogP) is 1.61. The molecule has 0 bridgehead atoms. The molecule has 0 heterocycles. The highest BCUT2D eigenvalue weighted by Gasteiger charge is 2.30. The van der Waals surface area contributed by atoms with Crippen LogP contribution in [-0.4, -0.2) is 33.8 Å². The Balaban J connectivity index is 2.25. The van der Waals surface area contributed by atoms with E-state index in [0.717, 1.165) is 18.9 Å². The van der Waals surface area contributed by atoms with Gasteiger partial charge >= 0.3 is 5.97 Å². The monoisotopic (exact) mass is 284 g/mol. The standard InChI is InChI=1S/C12H13FN2O5/c13-8-4-10(15(19)20)9(3-7(8)12(17)18)14-5-11(16)6-1-2-6/h3-4,6,11,14,16H,1-2,5H2,(H,17,18). The van der Waals surface area contributed by atoms with E-state index < -0.39 is 34.1 Å². The zero-order valence-corrected chi connectivity index (χ0v) is 10.4. The number of carboxylic acids is 1. The Labute approximate surface area is 113 Å². The Bertz CT molecular complexity index is 559. The molecule has 20 heavy (non-hydrogen) atoms. The zero-order chi connectivity index (χ0) is 14.9. The quantitative estimate of drug-likeness (QED) is 0.540. The number of hydrogen-bond donors (Lipinski definition) is 3. The number of carbonyl (C=O) groups is 1. The molecule has 8 heteroatoms. The van der Waals surface area contributed by atoms with Crippen LogP contribution in [0.15, 0.2) is 12.1 Å². The fourth-order valence-corrected chi connectivity index (χ4v) is 1.88. The van der Waals surface area contributed by atoms with Crippen LogP contribution in [0.25, 0.3) is 0 Å². The van der Waals surface area contributed by atoms with E-state index in [-0.39, 0.29) is 18.2 Å². The number of rotatable bonds is 6. The number of halogens is 1. The highest BCUT2D eigenvalue weighted by atomic mass is 19.1. The molecule has 1 aromatic rings. The lowest BCUT2D eigenvalue weighted by molar-refractivity contribution is -0.384. The molecule has 2 rings (SSSR count). The number of nitrogens with one attached hydrogen (secondary N) is 1. The van der Waals surface area contributed by atoms with Gasteiger partial charge in [0.15, 0.2) is 0 Å². The van der Waals surface area contributed by atoms with Crippen molar-refractivity contribution in [2.75, 3.05) is 11.9 Å². The molecule has 7 nitrogen and oxygen atoms in total. The first-order chi connectivity index (χ1) is 9.40. The van der Waals surface area contributed by atoms with Crippen molar-refractivity contribution in [2.45, 2.75) is 18.9 Å². The molecule has 1 aliphatic rings. The van der Waals surface area contributed by atoms with Crippen molar-refractivity contribution in [1.82, 2.24) is 0 Å². The summed E-state index contributed by atoms with van der Waals surface area (Å²) >= 11 is 0. The number of carboxylic acid groups (broad SMARTS) is 1. The van der Waals surface area contributed by atoms with Crippen LogP contribution in [-0.2, 0) is 0 Å². The molecule has 1 saturated carbocycles. The second kappa shape index (κ2) is 5.41.